The van der Waals surface area contributed by atoms with E-state index in [1.54, 1.807) is 0 Å². The zero-order chi connectivity index (χ0) is 21.2. The van der Waals surface area contributed by atoms with E-state index >= 15 is 0 Å². The number of sulfone groups is 1. The fourth-order valence-corrected chi connectivity index (χ4v) is 3.16. The summed E-state index contributed by atoms with van der Waals surface area (Å²) >= 11 is 0. The van der Waals surface area contributed by atoms with Crippen LogP contribution >= 0.6 is 0 Å². The average molecular weight is 416 g/mol. The number of aliphatic hydroxyl groups is 1. The van der Waals surface area contributed by atoms with Crippen LogP contribution in [0, 0.1) is 0 Å². The van der Waals surface area contributed by atoms with Crippen molar-refractivity contribution in [3.05, 3.63) is 53.9 Å². The maximum absolute atomic E-state index is 12.8. The van der Waals surface area contributed by atoms with Crippen LogP contribution in [0.15, 0.2) is 47.5 Å². The number of pyridine rings is 1. The molecule has 10 heteroatoms. The molecule has 152 valence electrons. The number of hydrogen-bond donors (Lipinski definition) is 2. The molecule has 0 aliphatic rings. The summed E-state index contributed by atoms with van der Waals surface area (Å²) in [4.78, 5) is 15.8. The summed E-state index contributed by atoms with van der Waals surface area (Å²) in [5.74, 6) is -0.486. The van der Waals surface area contributed by atoms with Crippen molar-refractivity contribution in [2.24, 2.45) is 0 Å². The molecule has 2 aromatic rings. The van der Waals surface area contributed by atoms with Gasteiger partial charge in [-0.05, 0) is 36.8 Å². The minimum absolute atomic E-state index is 0.0307. The Morgan fingerprint density at radius 3 is 2.21 bits per heavy atom. The molecule has 0 saturated heterocycles. The van der Waals surface area contributed by atoms with Crippen molar-refractivity contribution < 1.29 is 31.5 Å². The molecule has 1 atom stereocenters. The van der Waals surface area contributed by atoms with E-state index in [-0.39, 0.29) is 22.8 Å². The van der Waals surface area contributed by atoms with Gasteiger partial charge in [0, 0.05) is 0 Å². The Kier molecular flexibility index (Phi) is 6.15. The van der Waals surface area contributed by atoms with E-state index in [9.17, 15) is 31.5 Å². The Bertz CT molecular complexity index is 938. The van der Waals surface area contributed by atoms with Crippen molar-refractivity contribution in [2.75, 3.05) is 11.1 Å². The first-order chi connectivity index (χ1) is 12.9. The molecule has 0 bridgehead atoms. The van der Waals surface area contributed by atoms with Crippen molar-refractivity contribution in [1.82, 2.24) is 4.98 Å². The van der Waals surface area contributed by atoms with Crippen molar-refractivity contribution in [1.29, 1.82) is 0 Å². The fraction of sp³-hybridized carbons (Fsp3) is 0.333. The maximum atomic E-state index is 12.8. The number of carbonyl (C=O) groups is 1. The van der Waals surface area contributed by atoms with Crippen molar-refractivity contribution >= 4 is 21.4 Å². The molecule has 1 heterocycles. The van der Waals surface area contributed by atoms with E-state index in [1.807, 2.05) is 0 Å². The average Bonchev–Trinajstić information content (AvgIpc) is 2.61. The van der Waals surface area contributed by atoms with Gasteiger partial charge in [0.25, 0.3) is 0 Å². The van der Waals surface area contributed by atoms with Gasteiger partial charge in [0.2, 0.25) is 5.91 Å². The summed E-state index contributed by atoms with van der Waals surface area (Å²) in [7, 11) is -3.33. The molecule has 1 amide bonds. The smallest absolute Gasteiger partial charge is 0.375 e. The molecular weight excluding hydrogens is 397 g/mol. The lowest BCUT2D eigenvalue weighted by Gasteiger charge is -2.25. The van der Waals surface area contributed by atoms with Gasteiger partial charge in [0.15, 0.2) is 15.4 Å². The number of carbonyl (C=O) groups excluding carboxylic acids is 1. The van der Waals surface area contributed by atoms with Crippen LogP contribution in [0.4, 0.5) is 18.9 Å². The minimum Gasteiger partial charge on any atom is -0.375 e. The Morgan fingerprint density at radius 2 is 1.75 bits per heavy atom. The number of benzene rings is 1. The number of anilines is 1. The topological polar surface area (TPSA) is 96.4 Å². The third-order valence-corrected chi connectivity index (χ3v) is 5.88. The number of halogens is 3. The number of rotatable bonds is 6. The largest absolute Gasteiger partial charge is 0.422 e. The second kappa shape index (κ2) is 7.88. The molecule has 0 aliphatic heterocycles. The van der Waals surface area contributed by atoms with Crippen LogP contribution < -0.4 is 5.32 Å². The Hall–Kier alpha value is -2.46. The van der Waals surface area contributed by atoms with Crippen molar-refractivity contribution in [2.45, 2.75) is 36.9 Å². The highest BCUT2D eigenvalue weighted by molar-refractivity contribution is 7.91. The van der Waals surface area contributed by atoms with Crippen LogP contribution in [0.5, 0.6) is 0 Å². The van der Waals surface area contributed by atoms with Crippen LogP contribution in [0.3, 0.4) is 0 Å². The molecule has 2 N–H and O–H groups in total. The highest BCUT2D eigenvalue weighted by Crippen LogP contribution is 2.37. The lowest BCUT2D eigenvalue weighted by atomic mass is 10.0. The zero-order valence-electron chi connectivity index (χ0n) is 15.1. The predicted molar refractivity (Wildman–Crippen MR) is 96.4 cm³/mol. The lowest BCUT2D eigenvalue weighted by Crippen LogP contribution is -2.39. The molecule has 28 heavy (non-hydrogen) atoms. The number of nitrogens with one attached hydrogen (secondary N) is 1. The normalized spacial score (nSPS) is 14.4. The Morgan fingerprint density at radius 1 is 1.14 bits per heavy atom. The van der Waals surface area contributed by atoms with Gasteiger partial charge in [-0.25, -0.2) is 8.42 Å². The molecule has 0 saturated carbocycles. The molecule has 2 rings (SSSR count). The maximum Gasteiger partial charge on any atom is 0.422 e. The number of amides is 1. The third kappa shape index (κ3) is 4.87. The molecule has 6 nitrogen and oxygen atoms in total. The second-order valence-electron chi connectivity index (χ2n) is 6.27. The standard InChI is InChI=1S/C18H19F3N2O4S/c1-3-28(26,27)14-7-4-12(5-8-14)10-16(24)23-13-6-9-15(22-11-13)17(2,25)18(19,20)21/h4-9,11,25H,3,10H2,1-2H3,(H,23,24). The number of hydrogen-bond acceptors (Lipinski definition) is 5. The first-order valence-corrected chi connectivity index (χ1v) is 9.89. The van der Waals surface area contributed by atoms with Gasteiger partial charge in [-0.2, -0.15) is 13.2 Å². The van der Waals surface area contributed by atoms with Gasteiger partial charge >= 0.3 is 6.18 Å². The molecule has 0 spiro atoms. The lowest BCUT2D eigenvalue weighted by molar-refractivity contribution is -0.260. The van der Waals surface area contributed by atoms with Gasteiger partial charge in [-0.1, -0.05) is 19.1 Å². The van der Waals surface area contributed by atoms with Gasteiger partial charge in [-0.3, -0.25) is 9.78 Å². The quantitative estimate of drug-likeness (QED) is 0.755. The van der Waals surface area contributed by atoms with E-state index in [2.05, 4.69) is 10.3 Å². The zero-order valence-corrected chi connectivity index (χ0v) is 15.9. The van der Waals surface area contributed by atoms with Crippen LogP contribution in [-0.2, 0) is 26.7 Å². The van der Waals surface area contributed by atoms with Crippen LogP contribution in [0.25, 0.3) is 0 Å². The van der Waals surface area contributed by atoms with Crippen molar-refractivity contribution in [3.63, 3.8) is 0 Å². The number of aromatic nitrogens is 1. The first kappa shape index (κ1) is 21.8. The molecule has 1 unspecified atom stereocenters. The van der Waals surface area contributed by atoms with Gasteiger partial charge < -0.3 is 10.4 Å². The molecule has 1 aromatic carbocycles. The van der Waals surface area contributed by atoms with Crippen LogP contribution in [0.1, 0.15) is 25.1 Å². The molecule has 0 fully saturated rings. The van der Waals surface area contributed by atoms with Crippen molar-refractivity contribution in [3.8, 4) is 0 Å². The molecule has 0 radical (unpaired) electrons. The monoisotopic (exact) mass is 416 g/mol. The predicted octanol–water partition coefficient (Wildman–Crippen LogP) is 2.83. The van der Waals surface area contributed by atoms with E-state index < -0.39 is 33.2 Å². The van der Waals surface area contributed by atoms with Crippen LogP contribution in [-0.4, -0.2) is 36.3 Å². The van der Waals surface area contributed by atoms with Gasteiger partial charge in [0.05, 0.1) is 34.6 Å². The summed E-state index contributed by atoms with van der Waals surface area (Å²) < 4.78 is 61.9. The summed E-state index contributed by atoms with van der Waals surface area (Å²) in [6.07, 6.45) is -3.93. The summed E-state index contributed by atoms with van der Waals surface area (Å²) in [5.41, 5.74) is -2.96. The summed E-state index contributed by atoms with van der Waals surface area (Å²) in [6, 6.07) is 8.05. The fourth-order valence-electron chi connectivity index (χ4n) is 2.27. The minimum atomic E-state index is -4.89. The Balaban J connectivity index is 2.04. The van der Waals surface area contributed by atoms with E-state index in [4.69, 9.17) is 0 Å². The molecule has 0 aliphatic carbocycles. The summed E-state index contributed by atoms with van der Waals surface area (Å²) in [6.45, 7) is 2.13. The van der Waals surface area contributed by atoms with E-state index in [0.717, 1.165) is 12.3 Å². The third-order valence-electron chi connectivity index (χ3n) is 4.13. The summed E-state index contributed by atoms with van der Waals surface area (Å²) in [5, 5.41) is 12.1. The van der Waals surface area contributed by atoms with E-state index in [1.165, 1.54) is 37.3 Å². The highest BCUT2D eigenvalue weighted by Gasteiger charge is 2.52. The van der Waals surface area contributed by atoms with Crippen LogP contribution in [0.2, 0.25) is 0 Å². The van der Waals surface area contributed by atoms with Gasteiger partial charge in [-0.15, -0.1) is 0 Å². The second-order valence-corrected chi connectivity index (χ2v) is 8.55. The highest BCUT2D eigenvalue weighted by atomic mass is 32.2. The number of nitrogens with zero attached hydrogens (tertiary/aromatic N) is 1. The Labute approximate surface area is 160 Å². The van der Waals surface area contributed by atoms with Gasteiger partial charge in [0.1, 0.15) is 0 Å². The number of alkyl halides is 3. The SMILES string of the molecule is CCS(=O)(=O)c1ccc(CC(=O)Nc2ccc(C(C)(O)C(F)(F)F)nc2)cc1. The molecular formula is C18H19F3N2O4S. The van der Waals surface area contributed by atoms with E-state index in [0.29, 0.717) is 12.5 Å². The molecule has 1 aromatic heterocycles. The first-order valence-electron chi connectivity index (χ1n) is 8.24.